The van der Waals surface area contributed by atoms with E-state index in [1.807, 2.05) is 13.0 Å². The van der Waals surface area contributed by atoms with E-state index in [4.69, 9.17) is 10.5 Å². The molecular weight excluding hydrogens is 258 g/mol. The highest BCUT2D eigenvalue weighted by Gasteiger charge is 2.12. The molecule has 21 heavy (non-hydrogen) atoms. The van der Waals surface area contributed by atoms with Crippen molar-refractivity contribution in [3.05, 3.63) is 58.1 Å². The predicted octanol–water partition coefficient (Wildman–Crippen LogP) is 4.61. The summed E-state index contributed by atoms with van der Waals surface area (Å²) in [5.41, 5.74) is 13.1. The predicted molar refractivity (Wildman–Crippen MR) is 90.2 cm³/mol. The van der Waals surface area contributed by atoms with Gasteiger partial charge in [0.1, 0.15) is 5.75 Å². The number of hydrogen-bond acceptors (Lipinski definition) is 2. The molecule has 0 saturated carbocycles. The van der Waals surface area contributed by atoms with Gasteiger partial charge in [0.2, 0.25) is 0 Å². The first kappa shape index (κ1) is 15.4. The maximum atomic E-state index is 6.17. The first-order valence-corrected chi connectivity index (χ1v) is 7.45. The van der Waals surface area contributed by atoms with Crippen molar-refractivity contribution in [3.63, 3.8) is 0 Å². The van der Waals surface area contributed by atoms with Crippen LogP contribution in [0, 0.1) is 13.8 Å². The second-order valence-electron chi connectivity index (χ2n) is 5.99. The van der Waals surface area contributed by atoms with Crippen molar-refractivity contribution in [2.24, 2.45) is 0 Å². The summed E-state index contributed by atoms with van der Waals surface area (Å²) in [5, 5.41) is 0. The van der Waals surface area contributed by atoms with Crippen molar-refractivity contribution in [3.8, 4) is 5.75 Å². The fourth-order valence-corrected chi connectivity index (χ4v) is 2.63. The van der Waals surface area contributed by atoms with E-state index in [1.54, 1.807) is 7.11 Å². The van der Waals surface area contributed by atoms with E-state index >= 15 is 0 Å². The van der Waals surface area contributed by atoms with Gasteiger partial charge in [-0.3, -0.25) is 0 Å². The number of hydrogen-bond donors (Lipinski definition) is 1. The molecule has 0 aliphatic rings. The number of nitrogen functional groups attached to an aromatic ring is 1. The van der Waals surface area contributed by atoms with E-state index < -0.39 is 0 Å². The van der Waals surface area contributed by atoms with E-state index in [1.165, 1.54) is 16.7 Å². The Morgan fingerprint density at radius 3 is 2.24 bits per heavy atom. The molecule has 0 unspecified atom stereocenters. The van der Waals surface area contributed by atoms with Crippen LogP contribution in [0.15, 0.2) is 30.3 Å². The number of anilines is 1. The van der Waals surface area contributed by atoms with Gasteiger partial charge in [-0.25, -0.2) is 0 Å². The second-order valence-corrected chi connectivity index (χ2v) is 5.99. The monoisotopic (exact) mass is 283 g/mol. The lowest BCUT2D eigenvalue weighted by molar-refractivity contribution is 0.410. The molecule has 0 atom stereocenters. The van der Waals surface area contributed by atoms with Crippen LogP contribution < -0.4 is 10.5 Å². The first-order chi connectivity index (χ1) is 9.93. The van der Waals surface area contributed by atoms with Gasteiger partial charge in [-0.15, -0.1) is 0 Å². The molecule has 2 N–H and O–H groups in total. The highest BCUT2D eigenvalue weighted by atomic mass is 16.5. The maximum Gasteiger partial charge on any atom is 0.123 e. The van der Waals surface area contributed by atoms with Crippen molar-refractivity contribution in [1.29, 1.82) is 0 Å². The molecule has 2 nitrogen and oxygen atoms in total. The summed E-state index contributed by atoms with van der Waals surface area (Å²) in [7, 11) is 1.72. The van der Waals surface area contributed by atoms with Gasteiger partial charge in [-0.2, -0.15) is 0 Å². The zero-order valence-corrected chi connectivity index (χ0v) is 13.7. The molecular formula is C19H25NO. The van der Waals surface area contributed by atoms with E-state index in [2.05, 4.69) is 45.0 Å². The van der Waals surface area contributed by atoms with Crippen LogP contribution in [0.4, 0.5) is 5.69 Å². The first-order valence-electron chi connectivity index (χ1n) is 7.45. The van der Waals surface area contributed by atoms with E-state index in [0.29, 0.717) is 5.92 Å². The summed E-state index contributed by atoms with van der Waals surface area (Å²) in [6.07, 6.45) is 0.845. The van der Waals surface area contributed by atoms with Crippen LogP contribution in [0.25, 0.3) is 0 Å². The summed E-state index contributed by atoms with van der Waals surface area (Å²) >= 11 is 0. The van der Waals surface area contributed by atoms with Crippen molar-refractivity contribution < 1.29 is 4.74 Å². The van der Waals surface area contributed by atoms with Crippen molar-refractivity contribution in [2.75, 3.05) is 12.8 Å². The van der Waals surface area contributed by atoms with Crippen LogP contribution in [-0.4, -0.2) is 7.11 Å². The molecule has 2 aromatic carbocycles. The van der Waals surface area contributed by atoms with Gasteiger partial charge >= 0.3 is 0 Å². The number of nitrogens with two attached hydrogens (primary N) is 1. The lowest BCUT2D eigenvalue weighted by atomic mass is 9.94. The maximum absolute atomic E-state index is 6.17. The molecule has 0 spiro atoms. The smallest absolute Gasteiger partial charge is 0.123 e. The van der Waals surface area contributed by atoms with Gasteiger partial charge in [0, 0.05) is 17.7 Å². The molecule has 0 aromatic heterocycles. The average Bonchev–Trinajstić information content (AvgIpc) is 2.48. The molecule has 0 heterocycles. The normalized spacial score (nSPS) is 11.0. The van der Waals surface area contributed by atoms with Gasteiger partial charge < -0.3 is 10.5 Å². The van der Waals surface area contributed by atoms with Crippen LogP contribution in [0.2, 0.25) is 0 Å². The molecule has 0 amide bonds. The van der Waals surface area contributed by atoms with Crippen LogP contribution in [0.3, 0.4) is 0 Å². The topological polar surface area (TPSA) is 35.2 Å². The Morgan fingerprint density at radius 1 is 1.10 bits per heavy atom. The fourth-order valence-electron chi connectivity index (χ4n) is 2.63. The van der Waals surface area contributed by atoms with Gasteiger partial charge in [0.15, 0.2) is 0 Å². The zero-order valence-electron chi connectivity index (χ0n) is 13.7. The number of ether oxygens (including phenoxy) is 1. The number of rotatable bonds is 4. The van der Waals surface area contributed by atoms with E-state index in [-0.39, 0.29) is 0 Å². The highest BCUT2D eigenvalue weighted by molar-refractivity contribution is 5.61. The Morgan fingerprint density at radius 2 is 1.71 bits per heavy atom. The number of aryl methyl sites for hydroxylation is 1. The zero-order chi connectivity index (χ0) is 15.6. The Balaban J connectivity index is 2.37. The largest absolute Gasteiger partial charge is 0.496 e. The third-order valence-corrected chi connectivity index (χ3v) is 4.17. The molecule has 2 heteroatoms. The summed E-state index contributed by atoms with van der Waals surface area (Å²) in [6.45, 7) is 8.51. The lowest BCUT2D eigenvalue weighted by Crippen LogP contribution is -2.03. The SMILES string of the molecule is COc1cc(C)c(N)c(C)c1Cc1ccc(C(C)C)cc1. The number of methoxy groups -OCH3 is 1. The van der Waals surface area contributed by atoms with Gasteiger partial charge in [-0.05, 0) is 48.1 Å². The van der Waals surface area contributed by atoms with Crippen LogP contribution in [0.1, 0.15) is 47.6 Å². The van der Waals surface area contributed by atoms with Crippen molar-refractivity contribution in [1.82, 2.24) is 0 Å². The third kappa shape index (κ3) is 3.21. The molecule has 112 valence electrons. The second kappa shape index (κ2) is 6.21. The molecule has 0 saturated heterocycles. The molecule has 0 radical (unpaired) electrons. The summed E-state index contributed by atoms with van der Waals surface area (Å²) < 4.78 is 5.54. The minimum atomic E-state index is 0.561. The van der Waals surface area contributed by atoms with E-state index in [9.17, 15) is 0 Å². The minimum absolute atomic E-state index is 0.561. The Bertz CT molecular complexity index is 627. The van der Waals surface area contributed by atoms with Gasteiger partial charge in [-0.1, -0.05) is 38.1 Å². The molecule has 0 aliphatic carbocycles. The molecule has 2 aromatic rings. The quantitative estimate of drug-likeness (QED) is 0.832. The van der Waals surface area contributed by atoms with Gasteiger partial charge in [0.05, 0.1) is 7.11 Å². The highest BCUT2D eigenvalue weighted by Crippen LogP contribution is 2.32. The summed E-state index contributed by atoms with van der Waals surface area (Å²) in [5.74, 6) is 1.48. The standard InChI is InChI=1S/C19H25NO/c1-12(2)16-8-6-15(7-9-16)11-17-14(4)19(20)13(3)10-18(17)21-5/h6-10,12H,11,20H2,1-5H3. The average molecular weight is 283 g/mol. The van der Waals surface area contributed by atoms with Gasteiger partial charge in [0.25, 0.3) is 0 Å². The Kier molecular flexibility index (Phi) is 4.56. The Hall–Kier alpha value is -1.96. The fraction of sp³-hybridized carbons (Fsp3) is 0.368. The number of benzene rings is 2. The summed E-state index contributed by atoms with van der Waals surface area (Å²) in [4.78, 5) is 0. The molecule has 0 bridgehead atoms. The van der Waals surface area contributed by atoms with Crippen LogP contribution >= 0.6 is 0 Å². The summed E-state index contributed by atoms with van der Waals surface area (Å²) in [6, 6.07) is 10.8. The Labute approximate surface area is 127 Å². The minimum Gasteiger partial charge on any atom is -0.496 e. The van der Waals surface area contributed by atoms with Crippen LogP contribution in [-0.2, 0) is 6.42 Å². The molecule has 0 aliphatic heterocycles. The third-order valence-electron chi connectivity index (χ3n) is 4.17. The van der Waals surface area contributed by atoms with E-state index in [0.717, 1.165) is 29.0 Å². The van der Waals surface area contributed by atoms with Crippen molar-refractivity contribution in [2.45, 2.75) is 40.0 Å². The van der Waals surface area contributed by atoms with Crippen LogP contribution in [0.5, 0.6) is 5.75 Å². The molecule has 0 fully saturated rings. The molecule has 2 rings (SSSR count). The van der Waals surface area contributed by atoms with Crippen molar-refractivity contribution >= 4 is 5.69 Å². The lowest BCUT2D eigenvalue weighted by Gasteiger charge is -2.16.